The maximum Gasteiger partial charge on any atom is 0.270 e. The first kappa shape index (κ1) is 21.4. The van der Waals surface area contributed by atoms with Gasteiger partial charge in [0.25, 0.3) is 5.56 Å². The molecule has 0 aliphatic carbocycles. The number of aromatic nitrogens is 2. The number of carbonyl (C=O) groups excluding carboxylic acids is 1. The maximum absolute atomic E-state index is 12.8. The smallest absolute Gasteiger partial charge is 0.270 e. The molecule has 0 saturated carbocycles. The Morgan fingerprint density at radius 3 is 2.67 bits per heavy atom. The van der Waals surface area contributed by atoms with Gasteiger partial charge in [-0.25, -0.2) is 4.98 Å². The van der Waals surface area contributed by atoms with Gasteiger partial charge in [-0.15, -0.1) is 11.3 Å². The van der Waals surface area contributed by atoms with Gasteiger partial charge in [-0.1, -0.05) is 60.7 Å². The van der Waals surface area contributed by atoms with Crippen molar-refractivity contribution in [3.05, 3.63) is 82.0 Å². The summed E-state index contributed by atoms with van der Waals surface area (Å²) in [5.41, 5.74) is 3.82. The van der Waals surface area contributed by atoms with Crippen LogP contribution in [0, 0.1) is 5.92 Å². The number of benzene rings is 2. The molecular weight excluding hydrogens is 432 g/mol. The molecule has 0 radical (unpaired) electrons. The number of hydrogen-bond donors (Lipinski definition) is 2. The normalized spacial score (nSPS) is 16.1. The maximum atomic E-state index is 12.8. The minimum absolute atomic E-state index is 0.0690. The molecular formula is C26H26N4O2S. The number of thiophene rings is 1. The first-order valence-electron chi connectivity index (χ1n) is 11.3. The number of hydrogen-bond acceptors (Lipinski definition) is 5. The summed E-state index contributed by atoms with van der Waals surface area (Å²) in [4.78, 5) is 35.4. The number of piperidine rings is 1. The second-order valence-electron chi connectivity index (χ2n) is 8.39. The third-order valence-electron chi connectivity index (χ3n) is 6.15. The van der Waals surface area contributed by atoms with Gasteiger partial charge in [0, 0.05) is 30.6 Å². The molecule has 0 bridgehead atoms. The number of rotatable bonds is 6. The van der Waals surface area contributed by atoms with Crippen molar-refractivity contribution < 1.29 is 4.79 Å². The van der Waals surface area contributed by atoms with Gasteiger partial charge in [0.2, 0.25) is 11.9 Å². The minimum atomic E-state index is -0.128. The Balaban J connectivity index is 1.31. The van der Waals surface area contributed by atoms with Crippen LogP contribution in [0.5, 0.6) is 0 Å². The molecule has 1 aliphatic heterocycles. The van der Waals surface area contributed by atoms with Gasteiger partial charge in [-0.2, -0.15) is 0 Å². The van der Waals surface area contributed by atoms with Crippen molar-refractivity contribution in [3.63, 3.8) is 0 Å². The number of carbonyl (C=O) groups is 1. The van der Waals surface area contributed by atoms with E-state index >= 15 is 0 Å². The van der Waals surface area contributed by atoms with Crippen LogP contribution in [0.1, 0.15) is 18.4 Å². The van der Waals surface area contributed by atoms with Crippen LogP contribution in [0.3, 0.4) is 0 Å². The number of nitrogens with one attached hydrogen (secondary N) is 2. The van der Waals surface area contributed by atoms with Gasteiger partial charge in [0.05, 0.1) is 11.4 Å². The lowest BCUT2D eigenvalue weighted by atomic mass is 9.97. The summed E-state index contributed by atoms with van der Waals surface area (Å²) in [5.74, 6) is 0.496. The zero-order valence-corrected chi connectivity index (χ0v) is 19.1. The number of amides is 1. The van der Waals surface area contributed by atoms with Crippen molar-refractivity contribution in [2.24, 2.45) is 5.92 Å². The minimum Gasteiger partial charge on any atom is -0.355 e. The molecule has 2 aromatic heterocycles. The average Bonchev–Trinajstić information content (AvgIpc) is 3.30. The van der Waals surface area contributed by atoms with E-state index in [-0.39, 0.29) is 17.4 Å². The van der Waals surface area contributed by atoms with Gasteiger partial charge in [0.1, 0.15) is 4.70 Å². The summed E-state index contributed by atoms with van der Waals surface area (Å²) < 4.78 is 0.629. The van der Waals surface area contributed by atoms with Gasteiger partial charge in [-0.05, 0) is 30.4 Å². The van der Waals surface area contributed by atoms with E-state index in [1.54, 1.807) is 0 Å². The van der Waals surface area contributed by atoms with Crippen molar-refractivity contribution in [2.45, 2.75) is 19.3 Å². The molecule has 1 aliphatic rings. The second kappa shape index (κ2) is 9.58. The average molecular weight is 459 g/mol. The number of nitrogens with zero attached hydrogens (tertiary/aromatic N) is 2. The molecule has 6 nitrogen and oxygen atoms in total. The zero-order valence-electron chi connectivity index (χ0n) is 18.3. The number of fused-ring (bicyclic) bond motifs is 1. The Morgan fingerprint density at radius 1 is 1.12 bits per heavy atom. The molecule has 5 rings (SSSR count). The van der Waals surface area contributed by atoms with E-state index in [9.17, 15) is 9.59 Å². The predicted molar refractivity (Wildman–Crippen MR) is 134 cm³/mol. The number of aromatic amines is 1. The van der Waals surface area contributed by atoms with Gasteiger partial charge in [0.15, 0.2) is 0 Å². The van der Waals surface area contributed by atoms with Crippen molar-refractivity contribution in [1.82, 2.24) is 15.3 Å². The number of H-pyrrole nitrogens is 1. The summed E-state index contributed by atoms with van der Waals surface area (Å²) in [7, 11) is 0. The predicted octanol–water partition coefficient (Wildman–Crippen LogP) is 4.23. The summed E-state index contributed by atoms with van der Waals surface area (Å²) in [6, 6.07) is 20.2. The zero-order chi connectivity index (χ0) is 22.6. The molecule has 4 aromatic rings. The summed E-state index contributed by atoms with van der Waals surface area (Å²) >= 11 is 1.41. The molecule has 1 amide bonds. The molecule has 2 N–H and O–H groups in total. The Hall–Kier alpha value is -3.45. The van der Waals surface area contributed by atoms with Crippen molar-refractivity contribution in [2.75, 3.05) is 24.5 Å². The van der Waals surface area contributed by atoms with Crippen LogP contribution in [0.4, 0.5) is 5.95 Å². The monoisotopic (exact) mass is 458 g/mol. The van der Waals surface area contributed by atoms with E-state index in [0.29, 0.717) is 23.7 Å². The molecule has 1 atom stereocenters. The third-order valence-corrected chi connectivity index (χ3v) is 7.11. The summed E-state index contributed by atoms with van der Waals surface area (Å²) in [6.45, 7) is 1.94. The Labute approximate surface area is 196 Å². The van der Waals surface area contributed by atoms with Crippen molar-refractivity contribution >= 4 is 33.4 Å². The first-order chi connectivity index (χ1) is 16.2. The van der Waals surface area contributed by atoms with E-state index in [1.165, 1.54) is 16.9 Å². The first-order valence-corrected chi connectivity index (χ1v) is 12.2. The van der Waals surface area contributed by atoms with Crippen molar-refractivity contribution in [3.8, 4) is 11.1 Å². The molecule has 1 saturated heterocycles. The Bertz CT molecular complexity index is 1300. The lowest BCUT2D eigenvalue weighted by molar-refractivity contribution is -0.125. The highest BCUT2D eigenvalue weighted by Crippen LogP contribution is 2.32. The molecule has 7 heteroatoms. The number of anilines is 1. The topological polar surface area (TPSA) is 78.1 Å². The molecule has 3 heterocycles. The molecule has 1 unspecified atom stereocenters. The van der Waals surface area contributed by atoms with Crippen molar-refractivity contribution in [1.29, 1.82) is 0 Å². The molecule has 168 valence electrons. The molecule has 2 aromatic carbocycles. The Kier molecular flexibility index (Phi) is 6.21. The van der Waals surface area contributed by atoms with Crippen LogP contribution in [0.15, 0.2) is 70.8 Å². The second-order valence-corrected chi connectivity index (χ2v) is 9.27. The van der Waals surface area contributed by atoms with E-state index in [0.717, 1.165) is 42.5 Å². The van der Waals surface area contributed by atoms with Gasteiger partial charge >= 0.3 is 0 Å². The standard InChI is InChI=1S/C26H26N4O2S/c31-24(27-14-13-18-8-3-1-4-9-18)20-12-7-15-30(16-20)26-28-22-21(19-10-5-2-6-11-19)17-33-23(22)25(32)29-26/h1-6,8-11,17,20H,7,12-16H2,(H,27,31)(H,28,29,32). The highest BCUT2D eigenvalue weighted by molar-refractivity contribution is 7.17. The van der Waals surface area contributed by atoms with E-state index in [1.807, 2.05) is 58.8 Å². The van der Waals surface area contributed by atoms with Crippen LogP contribution in [0.25, 0.3) is 21.3 Å². The van der Waals surface area contributed by atoms with Crippen LogP contribution in [-0.4, -0.2) is 35.5 Å². The SMILES string of the molecule is O=C(NCCc1ccccc1)C1CCCN(c2nc3c(-c4ccccc4)csc3c(=O)[nH]2)C1. The largest absolute Gasteiger partial charge is 0.355 e. The van der Waals surface area contributed by atoms with E-state index in [4.69, 9.17) is 4.98 Å². The summed E-state index contributed by atoms with van der Waals surface area (Å²) in [5, 5.41) is 5.08. The Morgan fingerprint density at radius 2 is 1.88 bits per heavy atom. The van der Waals surface area contributed by atoms with Crippen LogP contribution in [-0.2, 0) is 11.2 Å². The van der Waals surface area contributed by atoms with Crippen LogP contribution in [0.2, 0.25) is 0 Å². The highest BCUT2D eigenvalue weighted by Gasteiger charge is 2.27. The quantitative estimate of drug-likeness (QED) is 0.453. The van der Waals surface area contributed by atoms with Gasteiger partial charge < -0.3 is 10.2 Å². The fourth-order valence-corrected chi connectivity index (χ4v) is 5.30. The lowest BCUT2D eigenvalue weighted by Gasteiger charge is -2.32. The fourth-order valence-electron chi connectivity index (χ4n) is 4.39. The van der Waals surface area contributed by atoms with E-state index < -0.39 is 0 Å². The third kappa shape index (κ3) is 4.68. The molecule has 0 spiro atoms. The van der Waals surface area contributed by atoms with Gasteiger partial charge in [-0.3, -0.25) is 14.6 Å². The summed E-state index contributed by atoms with van der Waals surface area (Å²) in [6.07, 6.45) is 2.54. The van der Waals surface area contributed by atoms with E-state index in [2.05, 4.69) is 22.4 Å². The highest BCUT2D eigenvalue weighted by atomic mass is 32.1. The van der Waals surface area contributed by atoms with Crippen LogP contribution >= 0.6 is 11.3 Å². The molecule has 33 heavy (non-hydrogen) atoms. The lowest BCUT2D eigenvalue weighted by Crippen LogP contribution is -2.44. The molecule has 1 fully saturated rings. The van der Waals surface area contributed by atoms with Crippen LogP contribution < -0.4 is 15.8 Å². The fraction of sp³-hybridized carbons (Fsp3) is 0.269.